The predicted octanol–water partition coefficient (Wildman–Crippen LogP) is 1.29. The van der Waals surface area contributed by atoms with Crippen LogP contribution in [0.2, 0.25) is 0 Å². The van der Waals surface area contributed by atoms with E-state index in [2.05, 4.69) is 25.7 Å². The Balaban J connectivity index is 3.20. The van der Waals surface area contributed by atoms with Crippen LogP contribution < -0.4 is 0 Å². The Bertz CT molecular complexity index is 94.7. The Hall–Kier alpha value is -0.480. The fraction of sp³-hybridized carbons (Fsp3) is 0.714. The first-order chi connectivity index (χ1) is 3.77. The van der Waals surface area contributed by atoms with E-state index >= 15 is 0 Å². The molecule has 0 spiro atoms. The van der Waals surface area contributed by atoms with Gasteiger partial charge in [-0.05, 0) is 0 Å². The van der Waals surface area contributed by atoms with Crippen LogP contribution in [0.1, 0.15) is 13.8 Å². The predicted molar refractivity (Wildman–Crippen MR) is 34.5 cm³/mol. The first-order valence-corrected chi connectivity index (χ1v) is 2.74. The standard InChI is InChI=1S/C7H12O/c1-7(2)5-4-6-8-3/h7H,6H2,1-3H3. The molecule has 0 aliphatic carbocycles. The van der Waals surface area contributed by atoms with Gasteiger partial charge in [0.05, 0.1) is 0 Å². The van der Waals surface area contributed by atoms with Gasteiger partial charge in [0.1, 0.15) is 6.61 Å². The van der Waals surface area contributed by atoms with E-state index in [1.54, 1.807) is 7.11 Å². The summed E-state index contributed by atoms with van der Waals surface area (Å²) in [6.45, 7) is 4.67. The molecule has 1 heteroatoms. The lowest BCUT2D eigenvalue weighted by Gasteiger charge is -1.86. The zero-order chi connectivity index (χ0) is 6.41. The highest BCUT2D eigenvalue weighted by Crippen LogP contribution is 1.84. The molecule has 0 unspecified atom stereocenters. The van der Waals surface area contributed by atoms with Crippen LogP contribution in [0.4, 0.5) is 0 Å². The molecule has 1 nitrogen and oxygen atoms in total. The second-order valence-electron chi connectivity index (χ2n) is 1.91. The topological polar surface area (TPSA) is 9.23 Å². The lowest BCUT2D eigenvalue weighted by Crippen LogP contribution is -1.83. The lowest BCUT2D eigenvalue weighted by molar-refractivity contribution is 0.239. The Morgan fingerprint density at radius 1 is 1.50 bits per heavy atom. The molecular weight excluding hydrogens is 100 g/mol. The summed E-state index contributed by atoms with van der Waals surface area (Å²) in [5.74, 6) is 6.30. The smallest absolute Gasteiger partial charge is 0.107 e. The summed E-state index contributed by atoms with van der Waals surface area (Å²) in [6.07, 6.45) is 0. The number of methoxy groups -OCH3 is 1. The summed E-state index contributed by atoms with van der Waals surface area (Å²) in [5, 5.41) is 0. The maximum atomic E-state index is 4.72. The molecule has 0 N–H and O–H groups in total. The third-order valence-electron chi connectivity index (χ3n) is 0.607. The van der Waals surface area contributed by atoms with Gasteiger partial charge >= 0.3 is 0 Å². The van der Waals surface area contributed by atoms with Crippen LogP contribution in [-0.2, 0) is 4.74 Å². The zero-order valence-corrected chi connectivity index (χ0v) is 5.69. The Morgan fingerprint density at radius 2 is 2.12 bits per heavy atom. The highest BCUT2D eigenvalue weighted by Gasteiger charge is 1.78. The van der Waals surface area contributed by atoms with Crippen molar-refractivity contribution in [3.05, 3.63) is 0 Å². The third kappa shape index (κ3) is 5.52. The van der Waals surface area contributed by atoms with Crippen LogP contribution in [0.3, 0.4) is 0 Å². The van der Waals surface area contributed by atoms with Gasteiger partial charge in [-0.2, -0.15) is 0 Å². The number of hydrogen-bond acceptors (Lipinski definition) is 1. The lowest BCUT2D eigenvalue weighted by atomic mass is 10.2. The molecule has 0 bridgehead atoms. The van der Waals surface area contributed by atoms with E-state index < -0.39 is 0 Å². The molecular formula is C7H12O. The largest absolute Gasteiger partial charge is 0.372 e. The van der Waals surface area contributed by atoms with Gasteiger partial charge in [-0.1, -0.05) is 25.7 Å². The van der Waals surface area contributed by atoms with Gasteiger partial charge in [0.2, 0.25) is 0 Å². The van der Waals surface area contributed by atoms with E-state index in [0.29, 0.717) is 12.5 Å². The maximum Gasteiger partial charge on any atom is 0.107 e. The fourth-order valence-corrected chi connectivity index (χ4v) is 0.318. The van der Waals surface area contributed by atoms with E-state index in [9.17, 15) is 0 Å². The first kappa shape index (κ1) is 7.52. The molecule has 8 heavy (non-hydrogen) atoms. The van der Waals surface area contributed by atoms with Crippen LogP contribution in [0, 0.1) is 17.8 Å². The summed E-state index contributed by atoms with van der Waals surface area (Å²) in [4.78, 5) is 0. The zero-order valence-electron chi connectivity index (χ0n) is 5.69. The van der Waals surface area contributed by atoms with Crippen molar-refractivity contribution in [2.45, 2.75) is 13.8 Å². The van der Waals surface area contributed by atoms with Crippen LogP contribution in [0.15, 0.2) is 0 Å². The van der Waals surface area contributed by atoms with E-state index in [1.165, 1.54) is 0 Å². The van der Waals surface area contributed by atoms with Crippen molar-refractivity contribution in [2.24, 2.45) is 5.92 Å². The van der Waals surface area contributed by atoms with E-state index in [1.807, 2.05) is 0 Å². The molecule has 0 fully saturated rings. The normalized spacial score (nSPS) is 8.50. The Labute approximate surface area is 51.0 Å². The molecule has 46 valence electrons. The van der Waals surface area contributed by atoms with Gasteiger partial charge in [0.15, 0.2) is 0 Å². The second kappa shape index (κ2) is 4.67. The highest BCUT2D eigenvalue weighted by molar-refractivity contribution is 5.01. The molecule has 0 amide bonds. The Morgan fingerprint density at radius 3 is 2.50 bits per heavy atom. The molecule has 0 aliphatic rings. The summed E-state index contributed by atoms with van der Waals surface area (Å²) in [6, 6.07) is 0. The average molecular weight is 112 g/mol. The number of rotatable bonds is 1. The molecule has 0 radical (unpaired) electrons. The number of hydrogen-bond donors (Lipinski definition) is 0. The van der Waals surface area contributed by atoms with Gasteiger partial charge in [-0.25, -0.2) is 0 Å². The van der Waals surface area contributed by atoms with Crippen molar-refractivity contribution >= 4 is 0 Å². The summed E-state index contributed by atoms with van der Waals surface area (Å²) in [7, 11) is 1.65. The van der Waals surface area contributed by atoms with Crippen LogP contribution >= 0.6 is 0 Å². The van der Waals surface area contributed by atoms with Crippen molar-refractivity contribution in [1.82, 2.24) is 0 Å². The van der Waals surface area contributed by atoms with Gasteiger partial charge < -0.3 is 4.74 Å². The van der Waals surface area contributed by atoms with Gasteiger partial charge in [-0.3, -0.25) is 0 Å². The van der Waals surface area contributed by atoms with Gasteiger partial charge in [0, 0.05) is 13.0 Å². The highest BCUT2D eigenvalue weighted by atomic mass is 16.5. The van der Waals surface area contributed by atoms with Crippen molar-refractivity contribution in [3.63, 3.8) is 0 Å². The summed E-state index contributed by atoms with van der Waals surface area (Å²) in [5.41, 5.74) is 0. The molecule has 0 rings (SSSR count). The van der Waals surface area contributed by atoms with Crippen molar-refractivity contribution in [2.75, 3.05) is 13.7 Å². The molecule has 0 heterocycles. The minimum atomic E-state index is 0.463. The van der Waals surface area contributed by atoms with Crippen molar-refractivity contribution in [3.8, 4) is 11.8 Å². The third-order valence-corrected chi connectivity index (χ3v) is 0.607. The molecule has 0 atom stereocenters. The van der Waals surface area contributed by atoms with E-state index in [4.69, 9.17) is 4.74 Å². The van der Waals surface area contributed by atoms with Gasteiger partial charge in [-0.15, -0.1) is 0 Å². The molecule has 0 aromatic carbocycles. The summed E-state index contributed by atoms with van der Waals surface area (Å²) < 4.78 is 4.72. The van der Waals surface area contributed by atoms with Crippen molar-refractivity contribution < 1.29 is 4.74 Å². The molecule has 0 saturated carbocycles. The molecule has 0 aromatic rings. The minimum Gasteiger partial charge on any atom is -0.372 e. The Kier molecular flexibility index (Phi) is 4.39. The molecule has 0 aromatic heterocycles. The van der Waals surface area contributed by atoms with E-state index in [0.717, 1.165) is 0 Å². The van der Waals surface area contributed by atoms with Crippen LogP contribution in [-0.4, -0.2) is 13.7 Å². The average Bonchev–Trinajstić information content (AvgIpc) is 1.66. The maximum absolute atomic E-state index is 4.72. The van der Waals surface area contributed by atoms with E-state index in [-0.39, 0.29) is 0 Å². The quantitative estimate of drug-likeness (QED) is 0.464. The van der Waals surface area contributed by atoms with Crippen LogP contribution in [0.5, 0.6) is 0 Å². The monoisotopic (exact) mass is 112 g/mol. The summed E-state index contributed by atoms with van der Waals surface area (Å²) >= 11 is 0. The first-order valence-electron chi connectivity index (χ1n) is 2.74. The minimum absolute atomic E-state index is 0.463. The van der Waals surface area contributed by atoms with Gasteiger partial charge in [0.25, 0.3) is 0 Å². The van der Waals surface area contributed by atoms with Crippen LogP contribution in [0.25, 0.3) is 0 Å². The second-order valence-corrected chi connectivity index (χ2v) is 1.91. The molecule has 0 saturated heterocycles. The fourth-order valence-electron chi connectivity index (χ4n) is 0.318. The number of ether oxygens (including phenoxy) is 1. The van der Waals surface area contributed by atoms with Crippen molar-refractivity contribution in [1.29, 1.82) is 0 Å². The molecule has 0 aliphatic heterocycles. The SMILES string of the molecule is COCC#CC(C)C.